The molecule has 0 saturated heterocycles. The van der Waals surface area contributed by atoms with Crippen molar-refractivity contribution in [3.63, 3.8) is 0 Å². The van der Waals surface area contributed by atoms with Gasteiger partial charge in [-0.05, 0) is 34.4 Å². The van der Waals surface area contributed by atoms with Gasteiger partial charge in [0.15, 0.2) is 11.5 Å². The quantitative estimate of drug-likeness (QED) is 0.272. The molecule has 0 spiro atoms. The van der Waals surface area contributed by atoms with Gasteiger partial charge in [-0.1, -0.05) is 12.1 Å². The summed E-state index contributed by atoms with van der Waals surface area (Å²) in [5, 5.41) is 32.2. The topological polar surface area (TPSA) is 69.9 Å². The SMILES string of the molecule is [B]c1c(O)c(O)c2c(ccc3ccc(OC)cc32)c1O. The molecule has 0 aliphatic heterocycles. The molecule has 98 valence electrons. The molecule has 0 atom stereocenters. The summed E-state index contributed by atoms with van der Waals surface area (Å²) in [6, 6.07) is 8.80. The van der Waals surface area contributed by atoms with Crippen molar-refractivity contribution < 1.29 is 20.1 Å². The predicted octanol–water partition coefficient (Wildman–Crippen LogP) is 1.91. The van der Waals surface area contributed by atoms with Crippen molar-refractivity contribution >= 4 is 34.9 Å². The average Bonchev–Trinajstić information content (AvgIpc) is 2.49. The third-order valence-electron chi connectivity index (χ3n) is 3.46. The number of phenols is 3. The molecular formula is C15H11BO4. The van der Waals surface area contributed by atoms with Gasteiger partial charge in [0.1, 0.15) is 19.3 Å². The fourth-order valence-corrected chi connectivity index (χ4v) is 2.38. The predicted molar refractivity (Wildman–Crippen MR) is 78.4 cm³/mol. The lowest BCUT2D eigenvalue weighted by Crippen LogP contribution is -2.04. The summed E-state index contributed by atoms with van der Waals surface area (Å²) in [4.78, 5) is 0. The van der Waals surface area contributed by atoms with Crippen LogP contribution in [0.25, 0.3) is 21.5 Å². The van der Waals surface area contributed by atoms with Crippen molar-refractivity contribution in [1.29, 1.82) is 0 Å². The van der Waals surface area contributed by atoms with Crippen LogP contribution in [0.5, 0.6) is 23.0 Å². The lowest BCUT2D eigenvalue weighted by Gasteiger charge is -2.13. The first kappa shape index (κ1) is 12.5. The first-order chi connectivity index (χ1) is 9.54. The van der Waals surface area contributed by atoms with Gasteiger partial charge in [0.05, 0.1) is 7.11 Å². The zero-order chi connectivity index (χ0) is 14.4. The van der Waals surface area contributed by atoms with E-state index in [-0.39, 0.29) is 17.0 Å². The lowest BCUT2D eigenvalue weighted by molar-refractivity contribution is 0.407. The number of aromatic hydroxyl groups is 3. The van der Waals surface area contributed by atoms with E-state index < -0.39 is 5.75 Å². The Morgan fingerprint density at radius 3 is 2.30 bits per heavy atom. The third kappa shape index (κ3) is 1.56. The van der Waals surface area contributed by atoms with E-state index in [9.17, 15) is 15.3 Å². The second-order valence-electron chi connectivity index (χ2n) is 4.53. The number of fused-ring (bicyclic) bond motifs is 3. The molecule has 5 heteroatoms. The van der Waals surface area contributed by atoms with E-state index in [2.05, 4.69) is 0 Å². The van der Waals surface area contributed by atoms with Crippen LogP contribution in [0.1, 0.15) is 0 Å². The fourth-order valence-electron chi connectivity index (χ4n) is 2.38. The first-order valence-corrected chi connectivity index (χ1v) is 5.97. The van der Waals surface area contributed by atoms with Gasteiger partial charge in [0.25, 0.3) is 0 Å². The molecule has 0 aliphatic carbocycles. The van der Waals surface area contributed by atoms with E-state index in [4.69, 9.17) is 12.6 Å². The van der Waals surface area contributed by atoms with E-state index in [1.165, 1.54) is 0 Å². The van der Waals surface area contributed by atoms with Gasteiger partial charge in [-0.15, -0.1) is 0 Å². The summed E-state index contributed by atoms with van der Waals surface area (Å²) >= 11 is 0. The maximum atomic E-state index is 10.1. The number of phenolic OH excluding ortho intramolecular Hbond substituents is 3. The van der Waals surface area contributed by atoms with Crippen molar-refractivity contribution in [2.75, 3.05) is 7.11 Å². The summed E-state index contributed by atoms with van der Waals surface area (Å²) in [5.41, 5.74) is -0.239. The zero-order valence-electron chi connectivity index (χ0n) is 10.7. The molecule has 0 bridgehead atoms. The van der Waals surface area contributed by atoms with Crippen molar-refractivity contribution in [2.24, 2.45) is 0 Å². The maximum Gasteiger partial charge on any atom is 0.165 e. The average molecular weight is 266 g/mol. The molecule has 0 saturated carbocycles. The lowest BCUT2D eigenvalue weighted by atomic mass is 9.88. The standard InChI is InChI=1S/C15H11BO4/c1-20-8-4-2-7-3-5-9-11(10(7)6-8)14(18)15(19)12(16)13(9)17/h2-6,17-19H,1H3. The Labute approximate surface area is 116 Å². The highest BCUT2D eigenvalue weighted by Crippen LogP contribution is 2.41. The van der Waals surface area contributed by atoms with Gasteiger partial charge in [-0.2, -0.15) is 0 Å². The minimum atomic E-state index is -0.523. The van der Waals surface area contributed by atoms with Crippen LogP contribution in [0.3, 0.4) is 0 Å². The van der Waals surface area contributed by atoms with Gasteiger partial charge in [-0.25, -0.2) is 0 Å². The van der Waals surface area contributed by atoms with E-state index in [0.29, 0.717) is 21.9 Å². The van der Waals surface area contributed by atoms with Crippen LogP contribution in [-0.4, -0.2) is 30.3 Å². The Bertz CT molecular complexity index is 843. The van der Waals surface area contributed by atoms with E-state index in [0.717, 1.165) is 5.39 Å². The van der Waals surface area contributed by atoms with E-state index in [1.807, 2.05) is 6.07 Å². The summed E-state index contributed by atoms with van der Waals surface area (Å²) in [6.07, 6.45) is 0. The van der Waals surface area contributed by atoms with Gasteiger partial charge in [0.2, 0.25) is 0 Å². The highest BCUT2D eigenvalue weighted by atomic mass is 16.5. The minimum Gasteiger partial charge on any atom is -0.508 e. The fraction of sp³-hybridized carbons (Fsp3) is 0.0667. The van der Waals surface area contributed by atoms with E-state index in [1.54, 1.807) is 31.4 Å². The number of benzene rings is 3. The summed E-state index contributed by atoms with van der Waals surface area (Å²) in [5.74, 6) is -0.514. The molecule has 0 aliphatic rings. The largest absolute Gasteiger partial charge is 0.508 e. The first-order valence-electron chi connectivity index (χ1n) is 5.97. The monoisotopic (exact) mass is 266 g/mol. The summed E-state index contributed by atoms with van der Waals surface area (Å²) < 4.78 is 5.16. The molecule has 20 heavy (non-hydrogen) atoms. The van der Waals surface area contributed by atoms with Crippen LogP contribution in [-0.2, 0) is 0 Å². The molecule has 0 heterocycles. The molecule has 0 amide bonds. The van der Waals surface area contributed by atoms with Crippen LogP contribution < -0.4 is 10.2 Å². The Hall–Kier alpha value is -2.56. The van der Waals surface area contributed by atoms with Crippen molar-refractivity contribution in [2.45, 2.75) is 0 Å². The molecule has 3 aromatic carbocycles. The van der Waals surface area contributed by atoms with Crippen LogP contribution in [0, 0.1) is 0 Å². The Morgan fingerprint density at radius 1 is 0.900 bits per heavy atom. The van der Waals surface area contributed by atoms with Gasteiger partial charge in [-0.3, -0.25) is 0 Å². The normalized spacial score (nSPS) is 11.1. The molecule has 3 rings (SSSR count). The highest BCUT2D eigenvalue weighted by molar-refractivity contribution is 6.39. The molecule has 2 radical (unpaired) electrons. The van der Waals surface area contributed by atoms with Gasteiger partial charge in [0, 0.05) is 10.8 Å². The number of hydrogen-bond donors (Lipinski definition) is 3. The summed E-state index contributed by atoms with van der Waals surface area (Å²) in [6.45, 7) is 0. The molecule has 0 fully saturated rings. The molecule has 0 unspecified atom stereocenters. The second-order valence-corrected chi connectivity index (χ2v) is 4.53. The number of methoxy groups -OCH3 is 1. The Kier molecular flexibility index (Phi) is 2.64. The number of ether oxygens (including phenoxy) is 1. The third-order valence-corrected chi connectivity index (χ3v) is 3.46. The van der Waals surface area contributed by atoms with Crippen molar-refractivity contribution in [3.8, 4) is 23.0 Å². The molecule has 4 nitrogen and oxygen atoms in total. The molecule has 3 aromatic rings. The number of hydrogen-bond acceptors (Lipinski definition) is 4. The molecule has 3 N–H and O–H groups in total. The van der Waals surface area contributed by atoms with Crippen molar-refractivity contribution in [3.05, 3.63) is 30.3 Å². The Balaban J connectivity index is 2.59. The highest BCUT2D eigenvalue weighted by Gasteiger charge is 2.17. The smallest absolute Gasteiger partial charge is 0.165 e. The van der Waals surface area contributed by atoms with Crippen LogP contribution >= 0.6 is 0 Å². The van der Waals surface area contributed by atoms with Crippen LogP contribution in [0.2, 0.25) is 0 Å². The van der Waals surface area contributed by atoms with Crippen LogP contribution in [0.15, 0.2) is 30.3 Å². The number of rotatable bonds is 1. The second kappa shape index (κ2) is 4.23. The molecule has 0 aromatic heterocycles. The van der Waals surface area contributed by atoms with E-state index >= 15 is 0 Å². The zero-order valence-corrected chi connectivity index (χ0v) is 10.7. The van der Waals surface area contributed by atoms with Gasteiger partial charge >= 0.3 is 0 Å². The Morgan fingerprint density at radius 2 is 1.60 bits per heavy atom. The van der Waals surface area contributed by atoms with Crippen molar-refractivity contribution in [1.82, 2.24) is 0 Å². The molecular weight excluding hydrogens is 255 g/mol. The summed E-state index contributed by atoms with van der Waals surface area (Å²) in [7, 11) is 7.10. The van der Waals surface area contributed by atoms with Crippen LogP contribution in [0.4, 0.5) is 0 Å². The van der Waals surface area contributed by atoms with Gasteiger partial charge < -0.3 is 20.1 Å². The minimum absolute atomic E-state index is 0.239. The maximum absolute atomic E-state index is 10.1.